The van der Waals surface area contributed by atoms with Gasteiger partial charge in [-0.05, 0) is 43.5 Å². The Morgan fingerprint density at radius 2 is 1.83 bits per heavy atom. The summed E-state index contributed by atoms with van der Waals surface area (Å²) >= 11 is 12.5. The predicted molar refractivity (Wildman–Crippen MR) is 79.6 cm³/mol. The van der Waals surface area contributed by atoms with Crippen molar-refractivity contribution >= 4 is 23.2 Å². The average molecular weight is 286 g/mol. The number of hydrogen-bond donors (Lipinski definition) is 1. The summed E-state index contributed by atoms with van der Waals surface area (Å²) in [4.78, 5) is 0. The van der Waals surface area contributed by atoms with E-state index < -0.39 is 0 Å². The summed E-state index contributed by atoms with van der Waals surface area (Å²) in [6.07, 6.45) is 7.72. The average Bonchev–Trinajstić information content (AvgIpc) is 2.85. The fourth-order valence-electron chi connectivity index (χ4n) is 2.93. The van der Waals surface area contributed by atoms with Crippen molar-refractivity contribution in [2.75, 3.05) is 7.05 Å². The van der Waals surface area contributed by atoms with Crippen LogP contribution >= 0.6 is 23.2 Å². The van der Waals surface area contributed by atoms with E-state index in [9.17, 15) is 0 Å². The summed E-state index contributed by atoms with van der Waals surface area (Å²) in [7, 11) is 2.03. The van der Waals surface area contributed by atoms with Gasteiger partial charge in [0.1, 0.15) is 0 Å². The first-order chi connectivity index (χ1) is 8.70. The van der Waals surface area contributed by atoms with Crippen LogP contribution in [-0.2, 0) is 6.42 Å². The van der Waals surface area contributed by atoms with E-state index in [0.29, 0.717) is 6.04 Å². The van der Waals surface area contributed by atoms with Crippen molar-refractivity contribution in [3.63, 3.8) is 0 Å². The van der Waals surface area contributed by atoms with Crippen molar-refractivity contribution in [2.45, 2.75) is 44.6 Å². The van der Waals surface area contributed by atoms with Crippen LogP contribution in [0, 0.1) is 5.92 Å². The molecule has 1 N–H and O–H groups in total. The molecule has 1 nitrogen and oxygen atoms in total. The maximum absolute atomic E-state index is 6.23. The quantitative estimate of drug-likeness (QED) is 0.827. The van der Waals surface area contributed by atoms with Gasteiger partial charge >= 0.3 is 0 Å². The summed E-state index contributed by atoms with van der Waals surface area (Å²) in [6.45, 7) is 0. The lowest BCUT2D eigenvalue weighted by Gasteiger charge is -2.21. The van der Waals surface area contributed by atoms with Crippen LogP contribution in [0.5, 0.6) is 0 Å². The highest BCUT2D eigenvalue weighted by Crippen LogP contribution is 2.31. The van der Waals surface area contributed by atoms with Gasteiger partial charge in [-0.3, -0.25) is 0 Å². The molecule has 3 heteroatoms. The number of halogens is 2. The van der Waals surface area contributed by atoms with Gasteiger partial charge in [0.25, 0.3) is 0 Å². The molecule has 0 bridgehead atoms. The number of likely N-dealkylation sites (N-methyl/N-ethyl adjacent to an activating group) is 1. The standard InChI is InChI=1S/C15H21Cl2N/c1-18-12(9-11-5-2-3-6-11)10-13-14(16)7-4-8-15(13)17/h4,7-8,11-12,18H,2-3,5-6,9-10H2,1H3. The van der Waals surface area contributed by atoms with E-state index in [1.807, 2.05) is 25.2 Å². The molecule has 0 aromatic heterocycles. The zero-order valence-electron chi connectivity index (χ0n) is 10.9. The Balaban J connectivity index is 2.00. The molecule has 0 amide bonds. The second-order valence-corrected chi connectivity index (χ2v) is 6.09. The van der Waals surface area contributed by atoms with Gasteiger partial charge in [-0.25, -0.2) is 0 Å². The van der Waals surface area contributed by atoms with E-state index in [0.717, 1.165) is 27.9 Å². The maximum Gasteiger partial charge on any atom is 0.0453 e. The van der Waals surface area contributed by atoms with E-state index in [1.54, 1.807) is 0 Å². The minimum Gasteiger partial charge on any atom is -0.317 e. The molecule has 1 aromatic carbocycles. The Kier molecular flexibility index (Phi) is 5.35. The molecule has 0 heterocycles. The fraction of sp³-hybridized carbons (Fsp3) is 0.600. The number of benzene rings is 1. The number of nitrogens with one attached hydrogen (secondary N) is 1. The molecular weight excluding hydrogens is 265 g/mol. The van der Waals surface area contributed by atoms with Gasteiger partial charge in [-0.15, -0.1) is 0 Å². The second-order valence-electron chi connectivity index (χ2n) is 5.28. The molecular formula is C15H21Cl2N. The van der Waals surface area contributed by atoms with Gasteiger partial charge < -0.3 is 5.32 Å². The fourth-order valence-corrected chi connectivity index (χ4v) is 3.48. The molecule has 0 saturated heterocycles. The van der Waals surface area contributed by atoms with Gasteiger partial charge in [0, 0.05) is 16.1 Å². The number of hydrogen-bond acceptors (Lipinski definition) is 1. The van der Waals surface area contributed by atoms with Crippen molar-refractivity contribution in [2.24, 2.45) is 5.92 Å². The van der Waals surface area contributed by atoms with E-state index in [1.165, 1.54) is 32.1 Å². The van der Waals surface area contributed by atoms with Crippen LogP contribution in [0.25, 0.3) is 0 Å². The van der Waals surface area contributed by atoms with Crippen LogP contribution in [0.1, 0.15) is 37.7 Å². The number of rotatable bonds is 5. The Bertz CT molecular complexity index is 366. The molecule has 100 valence electrons. The summed E-state index contributed by atoms with van der Waals surface area (Å²) in [5.74, 6) is 0.878. The van der Waals surface area contributed by atoms with Gasteiger partial charge in [0.2, 0.25) is 0 Å². The molecule has 1 fully saturated rings. The molecule has 0 spiro atoms. The SMILES string of the molecule is CNC(Cc1c(Cl)cccc1Cl)CC1CCCC1. The van der Waals surface area contributed by atoms with Crippen LogP contribution in [0.3, 0.4) is 0 Å². The van der Waals surface area contributed by atoms with Crippen LogP contribution in [-0.4, -0.2) is 13.1 Å². The lowest BCUT2D eigenvalue weighted by molar-refractivity contribution is 0.403. The zero-order chi connectivity index (χ0) is 13.0. The summed E-state index contributed by atoms with van der Waals surface area (Å²) in [5.41, 5.74) is 1.08. The van der Waals surface area contributed by atoms with E-state index >= 15 is 0 Å². The van der Waals surface area contributed by atoms with E-state index in [-0.39, 0.29) is 0 Å². The normalized spacial score (nSPS) is 18.2. The Morgan fingerprint density at radius 3 is 2.39 bits per heavy atom. The van der Waals surface area contributed by atoms with Gasteiger partial charge in [0.15, 0.2) is 0 Å². The molecule has 0 aliphatic heterocycles. The largest absolute Gasteiger partial charge is 0.317 e. The van der Waals surface area contributed by atoms with Crippen molar-refractivity contribution in [1.29, 1.82) is 0 Å². The highest BCUT2D eigenvalue weighted by atomic mass is 35.5. The Labute approximate surface area is 120 Å². The minimum atomic E-state index is 0.477. The summed E-state index contributed by atoms with van der Waals surface area (Å²) in [5, 5.41) is 4.99. The Morgan fingerprint density at radius 1 is 1.22 bits per heavy atom. The topological polar surface area (TPSA) is 12.0 Å². The minimum absolute atomic E-state index is 0.477. The summed E-state index contributed by atoms with van der Waals surface area (Å²) in [6, 6.07) is 6.22. The molecule has 2 rings (SSSR count). The highest BCUT2D eigenvalue weighted by molar-refractivity contribution is 6.35. The lowest BCUT2D eigenvalue weighted by atomic mass is 9.94. The monoisotopic (exact) mass is 285 g/mol. The van der Waals surface area contributed by atoms with Crippen molar-refractivity contribution in [1.82, 2.24) is 5.32 Å². The van der Waals surface area contributed by atoms with Crippen LogP contribution in [0.2, 0.25) is 10.0 Å². The zero-order valence-corrected chi connectivity index (χ0v) is 12.4. The van der Waals surface area contributed by atoms with E-state index in [2.05, 4.69) is 5.32 Å². The van der Waals surface area contributed by atoms with Crippen LogP contribution < -0.4 is 5.32 Å². The first-order valence-corrected chi connectivity index (χ1v) is 7.56. The predicted octanol–water partition coefficient (Wildman–Crippen LogP) is 4.70. The molecule has 0 radical (unpaired) electrons. The third kappa shape index (κ3) is 3.63. The third-order valence-electron chi connectivity index (χ3n) is 4.01. The van der Waals surface area contributed by atoms with Gasteiger partial charge in [-0.1, -0.05) is 55.0 Å². The van der Waals surface area contributed by atoms with Crippen LogP contribution in [0.4, 0.5) is 0 Å². The van der Waals surface area contributed by atoms with Crippen molar-refractivity contribution < 1.29 is 0 Å². The first-order valence-electron chi connectivity index (χ1n) is 6.81. The molecule has 1 aromatic rings. The third-order valence-corrected chi connectivity index (χ3v) is 4.72. The first kappa shape index (κ1) is 14.2. The van der Waals surface area contributed by atoms with Gasteiger partial charge in [-0.2, -0.15) is 0 Å². The van der Waals surface area contributed by atoms with Gasteiger partial charge in [0.05, 0.1) is 0 Å². The maximum atomic E-state index is 6.23. The van der Waals surface area contributed by atoms with Crippen LogP contribution in [0.15, 0.2) is 18.2 Å². The smallest absolute Gasteiger partial charge is 0.0453 e. The summed E-state index contributed by atoms with van der Waals surface area (Å²) < 4.78 is 0. The molecule has 18 heavy (non-hydrogen) atoms. The highest BCUT2D eigenvalue weighted by Gasteiger charge is 2.20. The second kappa shape index (κ2) is 6.79. The molecule has 1 atom stereocenters. The lowest BCUT2D eigenvalue weighted by Crippen LogP contribution is -2.29. The molecule has 1 unspecified atom stereocenters. The molecule has 1 saturated carbocycles. The Hall–Kier alpha value is -0.240. The molecule has 1 aliphatic carbocycles. The van der Waals surface area contributed by atoms with Crippen molar-refractivity contribution in [3.8, 4) is 0 Å². The molecule has 1 aliphatic rings. The van der Waals surface area contributed by atoms with E-state index in [4.69, 9.17) is 23.2 Å². The van der Waals surface area contributed by atoms with Crippen molar-refractivity contribution in [3.05, 3.63) is 33.8 Å².